The van der Waals surface area contributed by atoms with E-state index in [1.54, 1.807) is 0 Å². The van der Waals surface area contributed by atoms with Crippen LogP contribution in [0.1, 0.15) is 59.3 Å². The Morgan fingerprint density at radius 2 is 1.88 bits per heavy atom. The molecule has 0 saturated heterocycles. The molecule has 0 aromatic carbocycles. The predicted molar refractivity (Wildman–Crippen MR) is 69.7 cm³/mol. The van der Waals surface area contributed by atoms with Crippen molar-refractivity contribution in [3.05, 3.63) is 0 Å². The summed E-state index contributed by atoms with van der Waals surface area (Å²) in [5, 5.41) is 13.2. The van der Waals surface area contributed by atoms with Crippen molar-refractivity contribution in [2.45, 2.75) is 64.9 Å². The average molecular weight is 241 g/mol. The zero-order valence-electron chi connectivity index (χ0n) is 11.5. The standard InChI is InChI=1S/C14H27NO2/c1-4-11(2)12(3)13(16)15-10-14(17)8-6-5-7-9-14/h11-12,17H,4-10H2,1-3H3,(H,15,16). The summed E-state index contributed by atoms with van der Waals surface area (Å²) >= 11 is 0. The summed E-state index contributed by atoms with van der Waals surface area (Å²) < 4.78 is 0. The second kappa shape index (κ2) is 6.39. The highest BCUT2D eigenvalue weighted by molar-refractivity contribution is 5.78. The lowest BCUT2D eigenvalue weighted by Crippen LogP contribution is -2.46. The van der Waals surface area contributed by atoms with Crippen molar-refractivity contribution in [3.8, 4) is 0 Å². The summed E-state index contributed by atoms with van der Waals surface area (Å²) in [6.07, 6.45) is 6.02. The molecule has 2 unspecified atom stereocenters. The zero-order valence-corrected chi connectivity index (χ0v) is 11.5. The summed E-state index contributed by atoms with van der Waals surface area (Å²) in [6, 6.07) is 0. The Balaban J connectivity index is 2.36. The molecule has 2 atom stereocenters. The molecule has 0 radical (unpaired) electrons. The van der Waals surface area contributed by atoms with E-state index in [1.807, 2.05) is 6.92 Å². The van der Waals surface area contributed by atoms with E-state index in [2.05, 4.69) is 19.2 Å². The second-order valence-electron chi connectivity index (χ2n) is 5.68. The van der Waals surface area contributed by atoms with E-state index >= 15 is 0 Å². The highest BCUT2D eigenvalue weighted by Gasteiger charge is 2.30. The third-order valence-electron chi connectivity index (χ3n) is 4.29. The lowest BCUT2D eigenvalue weighted by Gasteiger charge is -2.32. The van der Waals surface area contributed by atoms with E-state index in [9.17, 15) is 9.90 Å². The third-order valence-corrected chi connectivity index (χ3v) is 4.29. The number of hydrogen-bond acceptors (Lipinski definition) is 2. The van der Waals surface area contributed by atoms with E-state index in [-0.39, 0.29) is 11.8 Å². The van der Waals surface area contributed by atoms with Crippen LogP contribution < -0.4 is 5.32 Å². The fraction of sp³-hybridized carbons (Fsp3) is 0.929. The zero-order chi connectivity index (χ0) is 12.9. The van der Waals surface area contributed by atoms with Gasteiger partial charge in [0.1, 0.15) is 0 Å². The summed E-state index contributed by atoms with van der Waals surface area (Å²) in [6.45, 7) is 6.59. The first-order chi connectivity index (χ1) is 7.98. The van der Waals surface area contributed by atoms with E-state index in [0.29, 0.717) is 12.5 Å². The predicted octanol–water partition coefficient (Wildman–Crippen LogP) is 2.48. The van der Waals surface area contributed by atoms with Gasteiger partial charge in [0.25, 0.3) is 0 Å². The highest BCUT2D eigenvalue weighted by Crippen LogP contribution is 2.27. The van der Waals surface area contributed by atoms with Gasteiger partial charge in [-0.2, -0.15) is 0 Å². The SMILES string of the molecule is CCC(C)C(C)C(=O)NCC1(O)CCCCC1. The molecule has 0 aromatic rings. The van der Waals surface area contributed by atoms with Gasteiger partial charge in [-0.1, -0.05) is 46.5 Å². The molecule has 3 heteroatoms. The maximum atomic E-state index is 11.9. The minimum atomic E-state index is -0.650. The Bertz CT molecular complexity index is 247. The minimum absolute atomic E-state index is 0.0344. The first-order valence-corrected chi connectivity index (χ1v) is 6.98. The molecule has 1 aliphatic carbocycles. The molecule has 0 spiro atoms. The van der Waals surface area contributed by atoms with Gasteiger partial charge in [-0.25, -0.2) is 0 Å². The summed E-state index contributed by atoms with van der Waals surface area (Å²) in [4.78, 5) is 11.9. The van der Waals surface area contributed by atoms with Crippen molar-refractivity contribution in [2.24, 2.45) is 11.8 Å². The lowest BCUT2D eigenvalue weighted by atomic mass is 9.84. The van der Waals surface area contributed by atoms with Gasteiger partial charge >= 0.3 is 0 Å². The lowest BCUT2D eigenvalue weighted by molar-refractivity contribution is -0.127. The smallest absolute Gasteiger partial charge is 0.223 e. The summed E-state index contributed by atoms with van der Waals surface area (Å²) in [7, 11) is 0. The Labute approximate surface area is 105 Å². The van der Waals surface area contributed by atoms with E-state index in [1.165, 1.54) is 6.42 Å². The van der Waals surface area contributed by atoms with Gasteiger partial charge in [-0.05, 0) is 18.8 Å². The van der Waals surface area contributed by atoms with Crippen LogP contribution in [0, 0.1) is 11.8 Å². The van der Waals surface area contributed by atoms with Crippen LogP contribution in [0.3, 0.4) is 0 Å². The van der Waals surface area contributed by atoms with Crippen LogP contribution >= 0.6 is 0 Å². The number of amides is 1. The van der Waals surface area contributed by atoms with Crippen molar-refractivity contribution in [1.29, 1.82) is 0 Å². The largest absolute Gasteiger partial charge is 0.388 e. The van der Waals surface area contributed by atoms with Gasteiger partial charge in [0.15, 0.2) is 0 Å². The number of nitrogens with one attached hydrogen (secondary N) is 1. The number of carbonyl (C=O) groups is 1. The summed E-state index contributed by atoms with van der Waals surface area (Å²) in [5.74, 6) is 0.515. The van der Waals surface area contributed by atoms with Crippen LogP contribution in [0.5, 0.6) is 0 Å². The van der Waals surface area contributed by atoms with Gasteiger partial charge in [0.05, 0.1) is 5.60 Å². The molecule has 2 N–H and O–H groups in total. The molecule has 0 aromatic heterocycles. The average Bonchev–Trinajstić information content (AvgIpc) is 2.35. The molecule has 1 amide bonds. The van der Waals surface area contributed by atoms with Gasteiger partial charge in [-0.3, -0.25) is 4.79 Å². The van der Waals surface area contributed by atoms with E-state index < -0.39 is 5.60 Å². The number of hydrogen-bond donors (Lipinski definition) is 2. The molecule has 0 aliphatic heterocycles. The molecule has 0 bridgehead atoms. The molecule has 3 nitrogen and oxygen atoms in total. The number of aliphatic hydroxyl groups is 1. The van der Waals surface area contributed by atoms with Crippen LogP contribution in [0.4, 0.5) is 0 Å². The molecule has 1 saturated carbocycles. The Morgan fingerprint density at radius 1 is 1.29 bits per heavy atom. The highest BCUT2D eigenvalue weighted by atomic mass is 16.3. The van der Waals surface area contributed by atoms with E-state index in [4.69, 9.17) is 0 Å². The fourth-order valence-electron chi connectivity index (χ4n) is 2.41. The van der Waals surface area contributed by atoms with Crippen molar-refractivity contribution >= 4 is 5.91 Å². The van der Waals surface area contributed by atoms with Gasteiger partial charge < -0.3 is 10.4 Å². The van der Waals surface area contributed by atoms with Gasteiger partial charge in [0, 0.05) is 12.5 Å². The van der Waals surface area contributed by atoms with Crippen LogP contribution in [0.25, 0.3) is 0 Å². The first-order valence-electron chi connectivity index (χ1n) is 6.98. The summed E-state index contributed by atoms with van der Waals surface area (Å²) in [5.41, 5.74) is -0.650. The Hall–Kier alpha value is -0.570. The quantitative estimate of drug-likeness (QED) is 0.777. The molecule has 1 aliphatic rings. The van der Waals surface area contributed by atoms with Crippen molar-refractivity contribution in [3.63, 3.8) is 0 Å². The topological polar surface area (TPSA) is 49.3 Å². The molecule has 100 valence electrons. The third kappa shape index (κ3) is 4.30. The number of carbonyl (C=O) groups excluding carboxylic acids is 1. The van der Waals surface area contributed by atoms with Crippen LogP contribution in [0.15, 0.2) is 0 Å². The molecule has 0 heterocycles. The van der Waals surface area contributed by atoms with Crippen molar-refractivity contribution in [2.75, 3.05) is 6.54 Å². The van der Waals surface area contributed by atoms with Gasteiger partial charge in [-0.15, -0.1) is 0 Å². The monoisotopic (exact) mass is 241 g/mol. The minimum Gasteiger partial charge on any atom is -0.388 e. The fourth-order valence-corrected chi connectivity index (χ4v) is 2.41. The first kappa shape index (κ1) is 14.5. The molecular formula is C14H27NO2. The second-order valence-corrected chi connectivity index (χ2v) is 5.68. The van der Waals surface area contributed by atoms with Crippen LogP contribution in [-0.2, 0) is 4.79 Å². The molecular weight excluding hydrogens is 214 g/mol. The Morgan fingerprint density at radius 3 is 2.41 bits per heavy atom. The Kier molecular flexibility index (Phi) is 5.44. The normalized spacial score (nSPS) is 22.8. The van der Waals surface area contributed by atoms with Gasteiger partial charge in [0.2, 0.25) is 5.91 Å². The van der Waals surface area contributed by atoms with Crippen molar-refractivity contribution < 1.29 is 9.90 Å². The molecule has 1 rings (SSSR count). The van der Waals surface area contributed by atoms with Crippen LogP contribution in [-0.4, -0.2) is 23.2 Å². The molecule has 17 heavy (non-hydrogen) atoms. The van der Waals surface area contributed by atoms with Crippen LogP contribution in [0.2, 0.25) is 0 Å². The van der Waals surface area contributed by atoms with E-state index in [0.717, 1.165) is 32.1 Å². The molecule has 1 fully saturated rings. The number of rotatable bonds is 5. The maximum Gasteiger partial charge on any atom is 0.223 e. The van der Waals surface area contributed by atoms with Crippen molar-refractivity contribution in [1.82, 2.24) is 5.32 Å². The maximum absolute atomic E-state index is 11.9.